The van der Waals surface area contributed by atoms with Crippen LogP contribution in [0, 0.1) is 0 Å². The predicted molar refractivity (Wildman–Crippen MR) is 69.4 cm³/mol. The lowest BCUT2D eigenvalue weighted by Gasteiger charge is -2.00. The molecule has 2 heterocycles. The normalized spacial score (nSPS) is 10.9. The summed E-state index contributed by atoms with van der Waals surface area (Å²) in [6, 6.07) is 3.28. The third-order valence-electron chi connectivity index (χ3n) is 2.25. The fourth-order valence-electron chi connectivity index (χ4n) is 1.43. The molecule has 0 N–H and O–H groups in total. The standard InChI is InChI=1S/C10H9Cl3N4O/c1-18-5-7-6(4-11)10(13)17(16-7)9-3-2-8(12)14-15-9/h2-3H,4-5H2,1H3. The van der Waals surface area contributed by atoms with E-state index in [-0.39, 0.29) is 5.88 Å². The molecule has 0 amide bonds. The van der Waals surface area contributed by atoms with Crippen molar-refractivity contribution in [2.75, 3.05) is 7.11 Å². The van der Waals surface area contributed by atoms with Gasteiger partial charge in [0.25, 0.3) is 0 Å². The third-order valence-corrected chi connectivity index (χ3v) is 3.11. The molecule has 0 radical (unpaired) electrons. The van der Waals surface area contributed by atoms with Gasteiger partial charge >= 0.3 is 0 Å². The summed E-state index contributed by atoms with van der Waals surface area (Å²) in [6.07, 6.45) is 0. The largest absolute Gasteiger partial charge is 0.378 e. The van der Waals surface area contributed by atoms with Crippen LogP contribution in [0.25, 0.3) is 5.82 Å². The van der Waals surface area contributed by atoms with Gasteiger partial charge in [-0.05, 0) is 12.1 Å². The smallest absolute Gasteiger partial charge is 0.177 e. The van der Waals surface area contributed by atoms with Crippen LogP contribution < -0.4 is 0 Å². The summed E-state index contributed by atoms with van der Waals surface area (Å²) in [5, 5.41) is 12.6. The third kappa shape index (κ3) is 2.59. The van der Waals surface area contributed by atoms with E-state index < -0.39 is 0 Å². The molecule has 0 fully saturated rings. The lowest BCUT2D eigenvalue weighted by Crippen LogP contribution is -2.02. The van der Waals surface area contributed by atoms with Crippen LogP contribution in [0.2, 0.25) is 10.3 Å². The minimum absolute atomic E-state index is 0.249. The number of hydrogen-bond acceptors (Lipinski definition) is 4. The highest BCUT2D eigenvalue weighted by Crippen LogP contribution is 2.25. The van der Waals surface area contributed by atoms with E-state index in [0.29, 0.717) is 28.4 Å². The van der Waals surface area contributed by atoms with Crippen LogP contribution in [-0.2, 0) is 17.2 Å². The molecule has 0 saturated heterocycles. The number of nitrogens with zero attached hydrogens (tertiary/aromatic N) is 4. The van der Waals surface area contributed by atoms with Gasteiger partial charge in [0.1, 0.15) is 5.15 Å². The zero-order chi connectivity index (χ0) is 13.1. The van der Waals surface area contributed by atoms with Crippen LogP contribution in [0.5, 0.6) is 0 Å². The van der Waals surface area contributed by atoms with Crippen molar-refractivity contribution in [3.8, 4) is 5.82 Å². The van der Waals surface area contributed by atoms with Gasteiger partial charge in [-0.1, -0.05) is 23.2 Å². The first-order valence-electron chi connectivity index (χ1n) is 4.98. The first-order chi connectivity index (χ1) is 8.67. The molecule has 2 aromatic rings. The maximum Gasteiger partial charge on any atom is 0.177 e. The molecule has 5 nitrogen and oxygen atoms in total. The number of ether oxygens (including phenoxy) is 1. The number of methoxy groups -OCH3 is 1. The summed E-state index contributed by atoms with van der Waals surface area (Å²) in [7, 11) is 1.58. The maximum absolute atomic E-state index is 6.20. The first kappa shape index (κ1) is 13.5. The lowest BCUT2D eigenvalue weighted by molar-refractivity contribution is 0.180. The van der Waals surface area contributed by atoms with Crippen molar-refractivity contribution in [3.63, 3.8) is 0 Å². The fourth-order valence-corrected chi connectivity index (χ4v) is 2.18. The Morgan fingerprint density at radius 1 is 1.28 bits per heavy atom. The Labute approximate surface area is 119 Å². The van der Waals surface area contributed by atoms with Crippen LogP contribution in [0.1, 0.15) is 11.3 Å². The van der Waals surface area contributed by atoms with Gasteiger partial charge in [-0.2, -0.15) is 5.10 Å². The van der Waals surface area contributed by atoms with Gasteiger partial charge in [-0.15, -0.1) is 21.8 Å². The summed E-state index contributed by atoms with van der Waals surface area (Å²) in [6.45, 7) is 0.329. The van der Waals surface area contributed by atoms with Crippen molar-refractivity contribution in [1.82, 2.24) is 20.0 Å². The van der Waals surface area contributed by atoms with Crippen molar-refractivity contribution >= 4 is 34.8 Å². The van der Waals surface area contributed by atoms with Crippen molar-refractivity contribution in [2.45, 2.75) is 12.5 Å². The maximum atomic E-state index is 6.20. The van der Waals surface area contributed by atoms with Gasteiger partial charge < -0.3 is 4.74 Å². The Balaban J connectivity index is 2.47. The van der Waals surface area contributed by atoms with E-state index in [1.165, 1.54) is 4.68 Å². The molecule has 96 valence electrons. The molecule has 8 heteroatoms. The van der Waals surface area contributed by atoms with Gasteiger partial charge in [0, 0.05) is 12.7 Å². The molecule has 0 aliphatic heterocycles. The van der Waals surface area contributed by atoms with Crippen molar-refractivity contribution in [2.24, 2.45) is 0 Å². The second-order valence-corrected chi connectivity index (χ2v) is 4.42. The Hall–Kier alpha value is -0.880. The quantitative estimate of drug-likeness (QED) is 0.815. The zero-order valence-electron chi connectivity index (χ0n) is 9.40. The van der Waals surface area contributed by atoms with Gasteiger partial charge in [0.05, 0.1) is 18.2 Å². The van der Waals surface area contributed by atoms with Crippen molar-refractivity contribution in [1.29, 1.82) is 0 Å². The molecular formula is C10H9Cl3N4O. The first-order valence-corrected chi connectivity index (χ1v) is 6.27. The highest BCUT2D eigenvalue weighted by atomic mass is 35.5. The minimum Gasteiger partial charge on any atom is -0.378 e. The van der Waals surface area contributed by atoms with Gasteiger partial charge in [-0.3, -0.25) is 0 Å². The highest BCUT2D eigenvalue weighted by molar-refractivity contribution is 6.31. The number of aromatic nitrogens is 4. The van der Waals surface area contributed by atoms with Crippen molar-refractivity contribution in [3.05, 3.63) is 33.7 Å². The summed E-state index contributed by atoms with van der Waals surface area (Å²) in [5.41, 5.74) is 1.39. The zero-order valence-corrected chi connectivity index (χ0v) is 11.7. The van der Waals surface area contributed by atoms with Gasteiger partial charge in [-0.25, -0.2) is 4.68 Å². The van der Waals surface area contributed by atoms with Gasteiger partial charge in [0.2, 0.25) is 0 Å². The summed E-state index contributed by atoms with van der Waals surface area (Å²) in [4.78, 5) is 0. The number of rotatable bonds is 4. The number of alkyl halides is 1. The molecular weight excluding hydrogens is 298 g/mol. The molecule has 18 heavy (non-hydrogen) atoms. The SMILES string of the molecule is COCc1nn(-c2ccc(Cl)nn2)c(Cl)c1CCl. The van der Waals surface area contributed by atoms with E-state index in [0.717, 1.165) is 5.56 Å². The summed E-state index contributed by atoms with van der Waals surface area (Å²) in [5.74, 6) is 0.719. The monoisotopic (exact) mass is 306 g/mol. The van der Waals surface area contributed by atoms with E-state index in [2.05, 4.69) is 15.3 Å². The molecule has 0 aromatic carbocycles. The fraction of sp³-hybridized carbons (Fsp3) is 0.300. The van der Waals surface area contributed by atoms with Crippen LogP contribution in [0.3, 0.4) is 0 Å². The predicted octanol–water partition coefficient (Wildman–Crippen LogP) is 2.85. The molecule has 0 spiro atoms. The molecule has 2 aromatic heterocycles. The van der Waals surface area contributed by atoms with E-state index >= 15 is 0 Å². The highest BCUT2D eigenvalue weighted by Gasteiger charge is 2.17. The van der Waals surface area contributed by atoms with E-state index in [1.54, 1.807) is 19.2 Å². The van der Waals surface area contributed by atoms with E-state index in [9.17, 15) is 0 Å². The number of halogens is 3. The molecule has 0 aliphatic rings. The molecule has 0 atom stereocenters. The Bertz CT molecular complexity index is 541. The van der Waals surface area contributed by atoms with Crippen LogP contribution in [-0.4, -0.2) is 27.1 Å². The summed E-state index contributed by atoms with van der Waals surface area (Å²) >= 11 is 17.7. The van der Waals surface area contributed by atoms with E-state index in [1.807, 2.05) is 0 Å². The van der Waals surface area contributed by atoms with Crippen molar-refractivity contribution < 1.29 is 4.74 Å². The second kappa shape index (κ2) is 5.84. The molecule has 2 rings (SSSR count). The molecule has 0 saturated carbocycles. The Morgan fingerprint density at radius 2 is 2.06 bits per heavy atom. The van der Waals surface area contributed by atoms with Gasteiger partial charge in [0.15, 0.2) is 11.0 Å². The minimum atomic E-state index is 0.249. The average molecular weight is 308 g/mol. The Morgan fingerprint density at radius 3 is 2.61 bits per heavy atom. The molecule has 0 unspecified atom stereocenters. The lowest BCUT2D eigenvalue weighted by atomic mass is 10.3. The Kier molecular flexibility index (Phi) is 4.40. The van der Waals surface area contributed by atoms with Crippen LogP contribution in [0.15, 0.2) is 12.1 Å². The number of hydrogen-bond donors (Lipinski definition) is 0. The van der Waals surface area contributed by atoms with Crippen LogP contribution >= 0.6 is 34.8 Å². The molecule has 0 bridgehead atoms. The second-order valence-electron chi connectivity index (χ2n) is 3.41. The van der Waals surface area contributed by atoms with E-state index in [4.69, 9.17) is 39.5 Å². The molecule has 0 aliphatic carbocycles. The topological polar surface area (TPSA) is 52.8 Å². The van der Waals surface area contributed by atoms with Crippen LogP contribution in [0.4, 0.5) is 0 Å². The summed E-state index contributed by atoms with van der Waals surface area (Å²) < 4.78 is 6.50. The average Bonchev–Trinajstić information content (AvgIpc) is 2.67.